The van der Waals surface area contributed by atoms with Crippen molar-refractivity contribution in [1.82, 2.24) is 15.2 Å². The molecule has 0 aliphatic rings. The van der Waals surface area contributed by atoms with Gasteiger partial charge in [-0.15, -0.1) is 0 Å². The Balaban J connectivity index is 1.75. The first-order valence-electron chi connectivity index (χ1n) is 6.51. The molecule has 3 rings (SSSR count). The molecule has 0 aliphatic heterocycles. The van der Waals surface area contributed by atoms with Crippen LogP contribution in [0, 0.1) is 0 Å². The monoisotopic (exact) mass is 313 g/mol. The quantitative estimate of drug-likeness (QED) is 0.688. The number of rotatable bonds is 3. The Kier molecular flexibility index (Phi) is 4.02. The molecule has 0 atom stereocenters. The average molecular weight is 314 g/mol. The summed E-state index contributed by atoms with van der Waals surface area (Å²) in [5, 5.41) is 12.7. The summed E-state index contributed by atoms with van der Waals surface area (Å²) in [5.41, 5.74) is 1.67. The highest BCUT2D eigenvalue weighted by Gasteiger charge is 2.11. The lowest BCUT2D eigenvalue weighted by atomic mass is 10.1. The number of urea groups is 1. The Morgan fingerprint density at radius 3 is 2.64 bits per heavy atom. The van der Waals surface area contributed by atoms with E-state index < -0.39 is 6.03 Å². The van der Waals surface area contributed by atoms with E-state index in [2.05, 4.69) is 25.8 Å². The Labute approximate surface area is 131 Å². The number of H-pyrrole nitrogens is 1. The van der Waals surface area contributed by atoms with Crippen LogP contribution in [0.2, 0.25) is 5.02 Å². The van der Waals surface area contributed by atoms with Crippen LogP contribution in [-0.4, -0.2) is 21.2 Å². The van der Waals surface area contributed by atoms with Gasteiger partial charge in [0.2, 0.25) is 0 Å². The van der Waals surface area contributed by atoms with Crippen molar-refractivity contribution in [3.8, 4) is 11.1 Å². The summed E-state index contributed by atoms with van der Waals surface area (Å²) < 4.78 is 0. The molecule has 0 spiro atoms. The van der Waals surface area contributed by atoms with Crippen molar-refractivity contribution < 1.29 is 4.79 Å². The fourth-order valence-corrected chi connectivity index (χ4v) is 2.05. The second-order valence-electron chi connectivity index (χ2n) is 4.46. The first-order chi connectivity index (χ1) is 10.7. The average Bonchev–Trinajstić information content (AvgIpc) is 2.97. The third-order valence-corrected chi connectivity index (χ3v) is 3.19. The fourth-order valence-electron chi connectivity index (χ4n) is 1.93. The van der Waals surface area contributed by atoms with Crippen molar-refractivity contribution in [3.63, 3.8) is 0 Å². The number of hydrogen-bond donors (Lipinski definition) is 3. The molecule has 2 aromatic heterocycles. The smallest absolute Gasteiger partial charge is 0.292 e. The van der Waals surface area contributed by atoms with Gasteiger partial charge >= 0.3 is 6.03 Å². The molecule has 3 N–H and O–H groups in total. The van der Waals surface area contributed by atoms with E-state index >= 15 is 0 Å². The van der Waals surface area contributed by atoms with Crippen molar-refractivity contribution in [1.29, 1.82) is 0 Å². The molecule has 0 unspecified atom stereocenters. The Morgan fingerprint density at radius 2 is 1.91 bits per heavy atom. The van der Waals surface area contributed by atoms with Crippen LogP contribution in [0.4, 0.5) is 16.4 Å². The van der Waals surface area contributed by atoms with Gasteiger partial charge < -0.3 is 0 Å². The number of pyridine rings is 1. The molecule has 0 saturated heterocycles. The molecule has 6 nitrogen and oxygen atoms in total. The van der Waals surface area contributed by atoms with E-state index in [1.807, 2.05) is 12.1 Å². The number of amides is 2. The van der Waals surface area contributed by atoms with Crippen molar-refractivity contribution >= 4 is 29.3 Å². The zero-order chi connectivity index (χ0) is 15.4. The SMILES string of the molecule is O=C(Nc1ccccn1)Nc1[nH]ncc1-c1ccc(Cl)cc1. The predicted octanol–water partition coefficient (Wildman–Crippen LogP) is 3.77. The Morgan fingerprint density at radius 1 is 1.09 bits per heavy atom. The van der Waals surface area contributed by atoms with E-state index in [1.54, 1.807) is 42.7 Å². The third kappa shape index (κ3) is 3.24. The van der Waals surface area contributed by atoms with Crippen LogP contribution < -0.4 is 10.6 Å². The van der Waals surface area contributed by atoms with Crippen molar-refractivity contribution in [2.45, 2.75) is 0 Å². The standard InChI is InChI=1S/C15H12ClN5O/c16-11-6-4-10(5-7-11)12-9-18-21-14(12)20-15(22)19-13-3-1-2-8-17-13/h1-9H,(H3,17,18,19,20,21,22). The van der Waals surface area contributed by atoms with Gasteiger partial charge in [-0.2, -0.15) is 5.10 Å². The van der Waals surface area contributed by atoms with Gasteiger partial charge in [0.15, 0.2) is 0 Å². The number of aromatic nitrogens is 3. The fraction of sp³-hybridized carbons (Fsp3) is 0. The van der Waals surface area contributed by atoms with Gasteiger partial charge in [-0.3, -0.25) is 15.7 Å². The van der Waals surface area contributed by atoms with Gasteiger partial charge in [0.25, 0.3) is 0 Å². The number of anilines is 2. The minimum Gasteiger partial charge on any atom is -0.292 e. The maximum Gasteiger partial charge on any atom is 0.326 e. The molecular weight excluding hydrogens is 302 g/mol. The first kappa shape index (κ1) is 14.1. The van der Waals surface area contributed by atoms with E-state index in [0.29, 0.717) is 16.7 Å². The van der Waals surface area contributed by atoms with Gasteiger partial charge in [-0.1, -0.05) is 29.8 Å². The zero-order valence-corrected chi connectivity index (χ0v) is 12.1. The van der Waals surface area contributed by atoms with E-state index in [4.69, 9.17) is 11.6 Å². The van der Waals surface area contributed by atoms with Gasteiger partial charge in [0, 0.05) is 16.8 Å². The lowest BCUT2D eigenvalue weighted by Gasteiger charge is -2.07. The molecule has 3 aromatic rings. The summed E-state index contributed by atoms with van der Waals surface area (Å²) in [7, 11) is 0. The van der Waals surface area contributed by atoms with Gasteiger partial charge in [0.1, 0.15) is 11.6 Å². The van der Waals surface area contributed by atoms with Crippen molar-refractivity contribution in [2.24, 2.45) is 0 Å². The number of carbonyl (C=O) groups is 1. The van der Waals surface area contributed by atoms with Gasteiger partial charge in [-0.25, -0.2) is 9.78 Å². The van der Waals surface area contributed by atoms with E-state index in [9.17, 15) is 4.79 Å². The highest BCUT2D eigenvalue weighted by molar-refractivity contribution is 6.30. The molecule has 0 radical (unpaired) electrons. The lowest BCUT2D eigenvalue weighted by Crippen LogP contribution is -2.20. The molecule has 7 heteroatoms. The zero-order valence-electron chi connectivity index (χ0n) is 11.4. The van der Waals surface area contributed by atoms with Crippen LogP contribution in [0.3, 0.4) is 0 Å². The van der Waals surface area contributed by atoms with E-state index in [1.165, 1.54) is 0 Å². The van der Waals surface area contributed by atoms with E-state index in [-0.39, 0.29) is 0 Å². The molecular formula is C15H12ClN5O. The highest BCUT2D eigenvalue weighted by Crippen LogP contribution is 2.26. The minimum absolute atomic E-state index is 0.404. The summed E-state index contributed by atoms with van der Waals surface area (Å²) in [6, 6.07) is 12.1. The van der Waals surface area contributed by atoms with Crippen LogP contribution in [0.15, 0.2) is 54.9 Å². The molecule has 0 fully saturated rings. The molecule has 22 heavy (non-hydrogen) atoms. The number of nitrogens with zero attached hydrogens (tertiary/aromatic N) is 2. The highest BCUT2D eigenvalue weighted by atomic mass is 35.5. The van der Waals surface area contributed by atoms with Crippen molar-refractivity contribution in [3.05, 3.63) is 59.9 Å². The largest absolute Gasteiger partial charge is 0.326 e. The third-order valence-electron chi connectivity index (χ3n) is 2.94. The summed E-state index contributed by atoms with van der Waals surface area (Å²) in [5.74, 6) is 0.961. The molecule has 0 aliphatic carbocycles. The molecule has 2 heterocycles. The molecule has 0 saturated carbocycles. The Bertz CT molecular complexity index is 770. The van der Waals surface area contributed by atoms with Gasteiger partial charge in [0.05, 0.1) is 6.20 Å². The lowest BCUT2D eigenvalue weighted by molar-refractivity contribution is 0.262. The summed E-state index contributed by atoms with van der Waals surface area (Å²) >= 11 is 5.88. The minimum atomic E-state index is -0.404. The number of carbonyl (C=O) groups excluding carboxylic acids is 1. The first-order valence-corrected chi connectivity index (χ1v) is 6.88. The van der Waals surface area contributed by atoms with Crippen LogP contribution in [0.1, 0.15) is 0 Å². The number of benzene rings is 1. The second kappa shape index (κ2) is 6.28. The van der Waals surface area contributed by atoms with Crippen molar-refractivity contribution in [2.75, 3.05) is 10.6 Å². The maximum absolute atomic E-state index is 12.0. The van der Waals surface area contributed by atoms with Crippen LogP contribution in [-0.2, 0) is 0 Å². The van der Waals surface area contributed by atoms with Crippen LogP contribution >= 0.6 is 11.6 Å². The topological polar surface area (TPSA) is 82.7 Å². The molecule has 1 aromatic carbocycles. The molecule has 0 bridgehead atoms. The summed E-state index contributed by atoms with van der Waals surface area (Å²) in [6.07, 6.45) is 3.24. The summed E-state index contributed by atoms with van der Waals surface area (Å²) in [6.45, 7) is 0. The molecule has 2 amide bonds. The number of hydrogen-bond acceptors (Lipinski definition) is 3. The maximum atomic E-state index is 12.0. The predicted molar refractivity (Wildman–Crippen MR) is 85.9 cm³/mol. The number of aromatic amines is 1. The van der Waals surface area contributed by atoms with Crippen LogP contribution in [0.25, 0.3) is 11.1 Å². The Hall–Kier alpha value is -2.86. The molecule has 110 valence electrons. The second-order valence-corrected chi connectivity index (χ2v) is 4.90. The number of halogens is 1. The normalized spacial score (nSPS) is 10.2. The summed E-state index contributed by atoms with van der Waals surface area (Å²) in [4.78, 5) is 16.0. The van der Waals surface area contributed by atoms with Crippen LogP contribution in [0.5, 0.6) is 0 Å². The van der Waals surface area contributed by atoms with E-state index in [0.717, 1.165) is 11.1 Å². The van der Waals surface area contributed by atoms with Gasteiger partial charge in [-0.05, 0) is 29.8 Å². The number of nitrogens with one attached hydrogen (secondary N) is 3.